The second-order valence-electron chi connectivity index (χ2n) is 4.42. The van der Waals surface area contributed by atoms with Crippen LogP contribution in [0.15, 0.2) is 40.9 Å². The lowest BCUT2D eigenvalue weighted by molar-refractivity contribution is -0.137. The number of aliphatic hydroxyl groups is 1. The van der Waals surface area contributed by atoms with Crippen molar-refractivity contribution in [2.24, 2.45) is 10.7 Å². The first-order valence-electron chi connectivity index (χ1n) is 6.46. The highest BCUT2D eigenvalue weighted by molar-refractivity contribution is 6.22. The minimum absolute atomic E-state index is 0.0280. The molecule has 0 aliphatic heterocycles. The van der Waals surface area contributed by atoms with Crippen LogP contribution in [0.4, 0.5) is 0 Å². The van der Waals surface area contributed by atoms with Gasteiger partial charge in [-0.15, -0.1) is 0 Å². The molecule has 0 fully saturated rings. The number of ether oxygens (including phenoxy) is 1. The first-order valence-corrected chi connectivity index (χ1v) is 6.46. The zero-order valence-electron chi connectivity index (χ0n) is 12.0. The minimum Gasteiger partial charge on any atom is -0.506 e. The number of esters is 1. The van der Waals surface area contributed by atoms with E-state index in [9.17, 15) is 9.90 Å². The Bertz CT molecular complexity index is 519. The molecule has 0 unspecified atom stereocenters. The molecule has 1 rings (SSSR count). The molecule has 0 spiro atoms. The van der Waals surface area contributed by atoms with E-state index in [1.54, 1.807) is 31.2 Å². The monoisotopic (exact) mass is 276 g/mol. The van der Waals surface area contributed by atoms with Gasteiger partial charge in [-0.3, -0.25) is 4.99 Å². The molecule has 0 bridgehead atoms. The van der Waals surface area contributed by atoms with E-state index in [-0.39, 0.29) is 29.8 Å². The Hall–Kier alpha value is -2.30. The number of aliphatic imine (C=N–C) groups is 1. The van der Waals surface area contributed by atoms with Gasteiger partial charge in [-0.1, -0.05) is 30.3 Å². The molecule has 0 amide bonds. The molecule has 0 aromatic heterocycles. The van der Waals surface area contributed by atoms with E-state index in [2.05, 4.69) is 4.99 Å². The fourth-order valence-corrected chi connectivity index (χ4v) is 1.61. The number of benzene rings is 1. The van der Waals surface area contributed by atoms with Gasteiger partial charge in [0, 0.05) is 11.6 Å². The summed E-state index contributed by atoms with van der Waals surface area (Å²) in [7, 11) is 0. The summed E-state index contributed by atoms with van der Waals surface area (Å²) in [5.41, 5.74) is 6.20. The minimum atomic E-state index is -0.684. The highest BCUT2D eigenvalue weighted by Crippen LogP contribution is 2.17. The summed E-state index contributed by atoms with van der Waals surface area (Å²) in [6.07, 6.45) is 0. The number of rotatable bonds is 5. The highest BCUT2D eigenvalue weighted by atomic mass is 16.5. The van der Waals surface area contributed by atoms with Gasteiger partial charge in [-0.2, -0.15) is 0 Å². The molecule has 0 saturated heterocycles. The third-order valence-corrected chi connectivity index (χ3v) is 2.42. The standard InChI is InChI=1S/C15H20N2O3/c1-4-20-15(19)12(14(16)17-10(2)3)13(18)11-8-6-5-7-9-11/h5-10,18H,4H2,1-3H3,(H2,16,17)/b13-12-. The second kappa shape index (κ2) is 7.33. The lowest BCUT2D eigenvalue weighted by atomic mass is 10.1. The zero-order valence-corrected chi connectivity index (χ0v) is 12.0. The Morgan fingerprint density at radius 2 is 1.95 bits per heavy atom. The van der Waals surface area contributed by atoms with Gasteiger partial charge >= 0.3 is 5.97 Å². The van der Waals surface area contributed by atoms with Crippen molar-refractivity contribution in [2.75, 3.05) is 6.61 Å². The van der Waals surface area contributed by atoms with Crippen LogP contribution in [-0.2, 0) is 9.53 Å². The van der Waals surface area contributed by atoms with Crippen LogP contribution in [0.25, 0.3) is 5.76 Å². The van der Waals surface area contributed by atoms with Crippen molar-refractivity contribution in [3.63, 3.8) is 0 Å². The number of amidine groups is 1. The van der Waals surface area contributed by atoms with Crippen LogP contribution < -0.4 is 5.73 Å². The molecule has 0 saturated carbocycles. The van der Waals surface area contributed by atoms with Crippen molar-refractivity contribution >= 4 is 17.6 Å². The van der Waals surface area contributed by atoms with Crippen LogP contribution in [0.2, 0.25) is 0 Å². The van der Waals surface area contributed by atoms with E-state index in [1.165, 1.54) is 0 Å². The first-order chi connectivity index (χ1) is 9.47. The van der Waals surface area contributed by atoms with Gasteiger partial charge in [0.25, 0.3) is 0 Å². The largest absolute Gasteiger partial charge is 0.506 e. The molecule has 0 atom stereocenters. The molecule has 20 heavy (non-hydrogen) atoms. The topological polar surface area (TPSA) is 84.9 Å². The molecule has 0 aliphatic carbocycles. The SMILES string of the molecule is CCOC(=O)/C(C(N)=NC(C)C)=C(\O)c1ccccc1. The predicted octanol–water partition coefficient (Wildman–Crippen LogP) is 2.28. The number of carbonyl (C=O) groups excluding carboxylic acids is 1. The molecule has 5 nitrogen and oxygen atoms in total. The zero-order chi connectivity index (χ0) is 15.1. The van der Waals surface area contributed by atoms with E-state index in [1.807, 2.05) is 19.9 Å². The van der Waals surface area contributed by atoms with Crippen LogP contribution in [0, 0.1) is 0 Å². The van der Waals surface area contributed by atoms with Gasteiger partial charge in [0.15, 0.2) is 0 Å². The van der Waals surface area contributed by atoms with Gasteiger partial charge in [0.1, 0.15) is 17.2 Å². The van der Waals surface area contributed by atoms with Crippen LogP contribution in [0.1, 0.15) is 26.3 Å². The van der Waals surface area contributed by atoms with Crippen molar-refractivity contribution in [3.05, 3.63) is 41.5 Å². The van der Waals surface area contributed by atoms with Crippen LogP contribution in [0.5, 0.6) is 0 Å². The maximum atomic E-state index is 12.0. The number of nitrogens with two attached hydrogens (primary N) is 1. The molecule has 0 radical (unpaired) electrons. The van der Waals surface area contributed by atoms with Gasteiger partial charge in [0.05, 0.1) is 6.61 Å². The highest BCUT2D eigenvalue weighted by Gasteiger charge is 2.22. The third-order valence-electron chi connectivity index (χ3n) is 2.42. The fourth-order valence-electron chi connectivity index (χ4n) is 1.61. The molecule has 1 aromatic rings. The van der Waals surface area contributed by atoms with Gasteiger partial charge in [0.2, 0.25) is 0 Å². The van der Waals surface area contributed by atoms with Crippen molar-refractivity contribution < 1.29 is 14.6 Å². The lowest BCUT2D eigenvalue weighted by Gasteiger charge is -2.11. The summed E-state index contributed by atoms with van der Waals surface area (Å²) < 4.78 is 4.93. The number of nitrogens with zero attached hydrogens (tertiary/aromatic N) is 1. The average Bonchev–Trinajstić information content (AvgIpc) is 2.39. The molecule has 1 aromatic carbocycles. The Balaban J connectivity index is 3.33. The summed E-state index contributed by atoms with van der Waals surface area (Å²) >= 11 is 0. The Kier molecular flexibility index (Phi) is 5.77. The second-order valence-corrected chi connectivity index (χ2v) is 4.42. The van der Waals surface area contributed by atoms with Crippen molar-refractivity contribution in [1.82, 2.24) is 0 Å². The van der Waals surface area contributed by atoms with E-state index in [4.69, 9.17) is 10.5 Å². The molecule has 0 aliphatic rings. The Morgan fingerprint density at radius 1 is 1.35 bits per heavy atom. The smallest absolute Gasteiger partial charge is 0.345 e. The Labute approximate surface area is 118 Å². The number of carbonyl (C=O) groups is 1. The number of hydrogen-bond acceptors (Lipinski definition) is 4. The maximum Gasteiger partial charge on any atom is 0.345 e. The quantitative estimate of drug-likeness (QED) is 0.284. The van der Waals surface area contributed by atoms with Crippen LogP contribution in [-0.4, -0.2) is 29.6 Å². The molecule has 3 N–H and O–H groups in total. The summed E-state index contributed by atoms with van der Waals surface area (Å²) in [5, 5.41) is 10.3. The molecular formula is C15H20N2O3. The summed E-state index contributed by atoms with van der Waals surface area (Å²) in [5.74, 6) is -0.943. The van der Waals surface area contributed by atoms with E-state index < -0.39 is 5.97 Å². The number of aliphatic hydroxyl groups excluding tert-OH is 1. The van der Waals surface area contributed by atoms with Crippen molar-refractivity contribution in [3.8, 4) is 0 Å². The number of hydrogen-bond donors (Lipinski definition) is 2. The molecule has 108 valence electrons. The van der Waals surface area contributed by atoms with Crippen molar-refractivity contribution in [1.29, 1.82) is 0 Å². The van der Waals surface area contributed by atoms with E-state index in [0.29, 0.717) is 5.56 Å². The Morgan fingerprint density at radius 3 is 2.45 bits per heavy atom. The van der Waals surface area contributed by atoms with Crippen LogP contribution in [0.3, 0.4) is 0 Å². The van der Waals surface area contributed by atoms with Gasteiger partial charge in [-0.25, -0.2) is 4.79 Å². The average molecular weight is 276 g/mol. The van der Waals surface area contributed by atoms with Crippen LogP contribution >= 0.6 is 0 Å². The summed E-state index contributed by atoms with van der Waals surface area (Å²) in [6, 6.07) is 8.58. The van der Waals surface area contributed by atoms with Gasteiger partial charge < -0.3 is 15.6 Å². The fraction of sp³-hybridized carbons (Fsp3) is 0.333. The maximum absolute atomic E-state index is 12.0. The van der Waals surface area contributed by atoms with Gasteiger partial charge in [-0.05, 0) is 20.8 Å². The first kappa shape index (κ1) is 15.8. The van der Waals surface area contributed by atoms with Crippen molar-refractivity contribution in [2.45, 2.75) is 26.8 Å². The van der Waals surface area contributed by atoms with E-state index >= 15 is 0 Å². The predicted molar refractivity (Wildman–Crippen MR) is 79.4 cm³/mol. The molecule has 0 heterocycles. The summed E-state index contributed by atoms with van der Waals surface area (Å²) in [6.45, 7) is 5.54. The molecular weight excluding hydrogens is 256 g/mol. The van der Waals surface area contributed by atoms with E-state index in [0.717, 1.165) is 0 Å². The molecule has 5 heteroatoms. The lowest BCUT2D eigenvalue weighted by Crippen LogP contribution is -2.26. The third kappa shape index (κ3) is 4.12. The normalized spacial score (nSPS) is 13.1. The summed E-state index contributed by atoms with van der Waals surface area (Å²) in [4.78, 5) is 16.1.